The highest BCUT2D eigenvalue weighted by atomic mass is 19.1. The van der Waals surface area contributed by atoms with E-state index in [1.807, 2.05) is 0 Å². The summed E-state index contributed by atoms with van der Waals surface area (Å²) >= 11 is 0. The number of carbonyl (C=O) groups excluding carboxylic acids is 1. The van der Waals surface area contributed by atoms with Crippen molar-refractivity contribution in [1.29, 1.82) is 0 Å². The number of halogens is 1. The number of amides is 1. The standard InChI is InChI=1S/C13H17FN2O3/c1-7(2)9(13(18)19)6-16-12(17)8-4-3-5-10(14)11(8)15/h3-5,7,9H,6,15H2,1-2H3,(H,16,17)(H,18,19). The zero-order chi connectivity index (χ0) is 14.6. The molecule has 0 fully saturated rings. The van der Waals surface area contributed by atoms with Crippen LogP contribution in [-0.2, 0) is 4.79 Å². The lowest BCUT2D eigenvalue weighted by Gasteiger charge is -2.17. The highest BCUT2D eigenvalue weighted by Gasteiger charge is 2.22. The average Bonchev–Trinajstić information content (AvgIpc) is 2.31. The maximum Gasteiger partial charge on any atom is 0.308 e. The van der Waals surface area contributed by atoms with E-state index < -0.39 is 23.6 Å². The molecule has 0 aliphatic heterocycles. The van der Waals surface area contributed by atoms with Gasteiger partial charge in [0.05, 0.1) is 17.2 Å². The molecule has 1 amide bonds. The summed E-state index contributed by atoms with van der Waals surface area (Å²) in [5.74, 6) is -3.06. The summed E-state index contributed by atoms with van der Waals surface area (Å²) in [7, 11) is 0. The first-order chi connectivity index (χ1) is 8.84. The Morgan fingerprint density at radius 1 is 1.42 bits per heavy atom. The fourth-order valence-corrected chi connectivity index (χ4v) is 1.64. The van der Waals surface area contributed by atoms with Gasteiger partial charge < -0.3 is 16.2 Å². The van der Waals surface area contributed by atoms with E-state index in [4.69, 9.17) is 10.8 Å². The monoisotopic (exact) mass is 268 g/mol. The number of nitrogen functional groups attached to an aromatic ring is 1. The molecule has 104 valence electrons. The molecule has 4 N–H and O–H groups in total. The molecule has 0 aliphatic rings. The van der Waals surface area contributed by atoms with Gasteiger partial charge in [-0.05, 0) is 18.1 Å². The number of nitrogens with two attached hydrogens (primary N) is 1. The molecule has 0 aromatic heterocycles. The Kier molecular flexibility index (Phi) is 4.86. The normalized spacial score (nSPS) is 12.2. The van der Waals surface area contributed by atoms with Gasteiger partial charge in [-0.2, -0.15) is 0 Å². The van der Waals surface area contributed by atoms with Gasteiger partial charge in [-0.15, -0.1) is 0 Å². The molecule has 1 atom stereocenters. The summed E-state index contributed by atoms with van der Waals surface area (Å²) in [5.41, 5.74) is 5.23. The van der Waals surface area contributed by atoms with Crippen LogP contribution in [0, 0.1) is 17.7 Å². The largest absolute Gasteiger partial charge is 0.481 e. The van der Waals surface area contributed by atoms with E-state index in [1.165, 1.54) is 12.1 Å². The summed E-state index contributed by atoms with van der Waals surface area (Å²) in [5, 5.41) is 11.5. The number of hydrogen-bond acceptors (Lipinski definition) is 3. The van der Waals surface area contributed by atoms with E-state index >= 15 is 0 Å². The van der Waals surface area contributed by atoms with Crippen molar-refractivity contribution < 1.29 is 19.1 Å². The third-order valence-corrected chi connectivity index (χ3v) is 2.90. The van der Waals surface area contributed by atoms with E-state index in [9.17, 15) is 14.0 Å². The van der Waals surface area contributed by atoms with Crippen LogP contribution >= 0.6 is 0 Å². The van der Waals surface area contributed by atoms with Gasteiger partial charge in [0.25, 0.3) is 5.91 Å². The number of nitrogens with one attached hydrogen (secondary N) is 1. The molecular formula is C13H17FN2O3. The molecular weight excluding hydrogens is 251 g/mol. The minimum atomic E-state index is -0.984. The van der Waals surface area contributed by atoms with Crippen LogP contribution in [0.3, 0.4) is 0 Å². The number of para-hydroxylation sites is 1. The predicted octanol–water partition coefficient (Wildman–Crippen LogP) is 1.49. The molecule has 0 heterocycles. The Morgan fingerprint density at radius 3 is 2.58 bits per heavy atom. The fourth-order valence-electron chi connectivity index (χ4n) is 1.64. The van der Waals surface area contributed by atoms with Crippen LogP contribution in [0.5, 0.6) is 0 Å². The lowest BCUT2D eigenvalue weighted by Crippen LogP contribution is -2.35. The van der Waals surface area contributed by atoms with Crippen molar-refractivity contribution >= 4 is 17.6 Å². The number of carbonyl (C=O) groups is 2. The summed E-state index contributed by atoms with van der Waals surface area (Å²) in [6, 6.07) is 3.91. The number of anilines is 1. The highest BCUT2D eigenvalue weighted by molar-refractivity contribution is 5.99. The molecule has 0 saturated carbocycles. The van der Waals surface area contributed by atoms with Crippen LogP contribution in [0.2, 0.25) is 0 Å². The molecule has 0 radical (unpaired) electrons. The van der Waals surface area contributed by atoms with Crippen molar-refractivity contribution in [1.82, 2.24) is 5.32 Å². The number of rotatable bonds is 5. The van der Waals surface area contributed by atoms with Gasteiger partial charge in [0.15, 0.2) is 0 Å². The van der Waals surface area contributed by atoms with Crippen molar-refractivity contribution in [3.8, 4) is 0 Å². The number of carboxylic acid groups (broad SMARTS) is 1. The topological polar surface area (TPSA) is 92.4 Å². The van der Waals surface area contributed by atoms with Crippen molar-refractivity contribution in [2.75, 3.05) is 12.3 Å². The Bertz CT molecular complexity index is 489. The third-order valence-electron chi connectivity index (χ3n) is 2.90. The molecule has 0 saturated heterocycles. The maximum atomic E-state index is 13.2. The SMILES string of the molecule is CC(C)C(CNC(=O)c1cccc(F)c1N)C(=O)O. The molecule has 6 heteroatoms. The molecule has 19 heavy (non-hydrogen) atoms. The van der Waals surface area contributed by atoms with E-state index in [0.717, 1.165) is 6.07 Å². The van der Waals surface area contributed by atoms with Crippen molar-refractivity contribution in [2.45, 2.75) is 13.8 Å². The first kappa shape index (κ1) is 14.9. The van der Waals surface area contributed by atoms with Gasteiger partial charge in [0, 0.05) is 6.54 Å². The maximum absolute atomic E-state index is 13.2. The number of carboxylic acids is 1. The molecule has 1 aromatic carbocycles. The lowest BCUT2D eigenvalue weighted by molar-refractivity contribution is -0.142. The van der Waals surface area contributed by atoms with Crippen molar-refractivity contribution in [2.24, 2.45) is 11.8 Å². The molecule has 5 nitrogen and oxygen atoms in total. The number of benzene rings is 1. The van der Waals surface area contributed by atoms with E-state index in [1.54, 1.807) is 13.8 Å². The van der Waals surface area contributed by atoms with Crippen LogP contribution in [0.25, 0.3) is 0 Å². The Morgan fingerprint density at radius 2 is 2.05 bits per heavy atom. The van der Waals surface area contributed by atoms with Crippen LogP contribution < -0.4 is 11.1 Å². The Balaban J connectivity index is 2.75. The summed E-state index contributed by atoms with van der Waals surface area (Å²) in [4.78, 5) is 22.8. The van der Waals surface area contributed by atoms with Gasteiger partial charge in [-0.1, -0.05) is 19.9 Å². The second-order valence-corrected chi connectivity index (χ2v) is 4.60. The molecule has 1 rings (SSSR count). The fraction of sp³-hybridized carbons (Fsp3) is 0.385. The van der Waals surface area contributed by atoms with Gasteiger partial charge in [0.2, 0.25) is 0 Å². The van der Waals surface area contributed by atoms with Crippen molar-refractivity contribution in [3.63, 3.8) is 0 Å². The summed E-state index contributed by atoms with van der Waals surface area (Å²) < 4.78 is 13.2. The van der Waals surface area contributed by atoms with Crippen LogP contribution in [0.4, 0.5) is 10.1 Å². The second-order valence-electron chi connectivity index (χ2n) is 4.60. The minimum Gasteiger partial charge on any atom is -0.481 e. The highest BCUT2D eigenvalue weighted by Crippen LogP contribution is 2.16. The van der Waals surface area contributed by atoms with Gasteiger partial charge in [-0.25, -0.2) is 4.39 Å². The van der Waals surface area contributed by atoms with Gasteiger partial charge in [-0.3, -0.25) is 9.59 Å². The van der Waals surface area contributed by atoms with E-state index in [-0.39, 0.29) is 23.7 Å². The average molecular weight is 268 g/mol. The third kappa shape index (κ3) is 3.67. The van der Waals surface area contributed by atoms with Crippen LogP contribution in [-0.4, -0.2) is 23.5 Å². The number of aliphatic carboxylic acids is 1. The van der Waals surface area contributed by atoms with Crippen LogP contribution in [0.1, 0.15) is 24.2 Å². The minimum absolute atomic E-state index is 0.00731. The molecule has 1 aromatic rings. The number of hydrogen-bond donors (Lipinski definition) is 3. The molecule has 0 bridgehead atoms. The van der Waals surface area contributed by atoms with E-state index in [0.29, 0.717) is 0 Å². The van der Waals surface area contributed by atoms with Crippen molar-refractivity contribution in [3.05, 3.63) is 29.6 Å². The zero-order valence-electron chi connectivity index (χ0n) is 10.8. The molecule has 0 spiro atoms. The second kappa shape index (κ2) is 6.17. The summed E-state index contributed by atoms with van der Waals surface area (Å²) in [6.07, 6.45) is 0. The first-order valence-electron chi connectivity index (χ1n) is 5.89. The first-order valence-corrected chi connectivity index (χ1v) is 5.89. The molecule has 0 aliphatic carbocycles. The quantitative estimate of drug-likeness (QED) is 0.705. The van der Waals surface area contributed by atoms with Crippen LogP contribution in [0.15, 0.2) is 18.2 Å². The summed E-state index contributed by atoms with van der Waals surface area (Å²) in [6.45, 7) is 3.48. The Hall–Kier alpha value is -2.11. The van der Waals surface area contributed by atoms with Gasteiger partial charge in [0.1, 0.15) is 5.82 Å². The zero-order valence-corrected chi connectivity index (χ0v) is 10.8. The van der Waals surface area contributed by atoms with E-state index in [2.05, 4.69) is 5.32 Å². The molecule has 1 unspecified atom stereocenters. The van der Waals surface area contributed by atoms with Gasteiger partial charge >= 0.3 is 5.97 Å². The Labute approximate surface area is 110 Å². The lowest BCUT2D eigenvalue weighted by atomic mass is 9.96. The predicted molar refractivity (Wildman–Crippen MR) is 69.1 cm³/mol. The smallest absolute Gasteiger partial charge is 0.308 e.